The van der Waals surface area contributed by atoms with E-state index in [1.807, 2.05) is 27.8 Å². The van der Waals surface area contributed by atoms with Crippen LogP contribution in [-0.2, 0) is 4.79 Å². The Morgan fingerprint density at radius 2 is 2.12 bits per heavy atom. The smallest absolute Gasteiger partial charge is 0.270 e. The molecule has 1 aromatic rings. The summed E-state index contributed by atoms with van der Waals surface area (Å²) in [5.74, 6) is 0.120. The summed E-state index contributed by atoms with van der Waals surface area (Å²) in [7, 11) is 0. The Kier molecular flexibility index (Phi) is 4.67. The van der Waals surface area contributed by atoms with Gasteiger partial charge in [-0.1, -0.05) is 0 Å². The number of carbonyl (C=O) groups is 2. The van der Waals surface area contributed by atoms with Crippen molar-refractivity contribution in [2.75, 3.05) is 32.8 Å². The van der Waals surface area contributed by atoms with Gasteiger partial charge in [-0.15, -0.1) is 0 Å². The van der Waals surface area contributed by atoms with Gasteiger partial charge in [0.05, 0.1) is 12.0 Å². The standard InChI is InChI=1S/C18H27N3O3/c1-14(2)21-9-3-5-15(21)16(23)20-10-7-18(13-20)6-4-8-19(11-12-22)17(18)24/h3,5,9,14,22H,4,6-8,10-13H2,1-2H3/t18-/m0/s1. The Labute approximate surface area is 143 Å². The average Bonchev–Trinajstić information content (AvgIpc) is 3.20. The highest BCUT2D eigenvalue weighted by molar-refractivity contribution is 5.94. The molecule has 2 aliphatic rings. The van der Waals surface area contributed by atoms with Crippen LogP contribution in [0.4, 0.5) is 0 Å². The summed E-state index contributed by atoms with van der Waals surface area (Å²) < 4.78 is 1.98. The molecule has 1 aromatic heterocycles. The molecular formula is C18H27N3O3. The molecule has 2 aliphatic heterocycles. The van der Waals surface area contributed by atoms with Crippen LogP contribution in [0.25, 0.3) is 0 Å². The number of aromatic nitrogens is 1. The number of aliphatic hydroxyl groups is 1. The Balaban J connectivity index is 1.76. The van der Waals surface area contributed by atoms with E-state index in [0.29, 0.717) is 31.9 Å². The van der Waals surface area contributed by atoms with Crippen LogP contribution < -0.4 is 0 Å². The number of β-amino-alcohol motifs (C(OH)–C–C–N with tert-alkyl or cyclic N) is 1. The molecule has 2 fully saturated rings. The van der Waals surface area contributed by atoms with Gasteiger partial charge in [0, 0.05) is 38.4 Å². The van der Waals surface area contributed by atoms with Gasteiger partial charge < -0.3 is 19.5 Å². The van der Waals surface area contributed by atoms with Gasteiger partial charge in [0.2, 0.25) is 5.91 Å². The molecule has 2 saturated heterocycles. The Bertz CT molecular complexity index is 623. The van der Waals surface area contributed by atoms with E-state index in [0.717, 1.165) is 19.3 Å². The lowest BCUT2D eigenvalue weighted by atomic mass is 9.78. The molecule has 1 N–H and O–H groups in total. The van der Waals surface area contributed by atoms with Crippen molar-refractivity contribution >= 4 is 11.8 Å². The van der Waals surface area contributed by atoms with Gasteiger partial charge in [-0.05, 0) is 45.2 Å². The highest BCUT2D eigenvalue weighted by Gasteiger charge is 2.49. The van der Waals surface area contributed by atoms with Gasteiger partial charge in [-0.2, -0.15) is 0 Å². The third-order valence-corrected chi connectivity index (χ3v) is 5.39. The van der Waals surface area contributed by atoms with Crippen LogP contribution in [0.3, 0.4) is 0 Å². The summed E-state index contributed by atoms with van der Waals surface area (Å²) in [6.07, 6.45) is 4.43. The highest BCUT2D eigenvalue weighted by Crippen LogP contribution is 2.40. The first-order chi connectivity index (χ1) is 11.5. The Morgan fingerprint density at radius 3 is 2.83 bits per heavy atom. The number of nitrogens with zero attached hydrogens (tertiary/aromatic N) is 3. The molecular weight excluding hydrogens is 306 g/mol. The number of aliphatic hydroxyl groups excluding tert-OH is 1. The van der Waals surface area contributed by atoms with Crippen molar-refractivity contribution in [2.45, 2.75) is 39.2 Å². The third-order valence-electron chi connectivity index (χ3n) is 5.39. The number of carbonyl (C=O) groups excluding carboxylic acids is 2. The van der Waals surface area contributed by atoms with Crippen LogP contribution >= 0.6 is 0 Å². The van der Waals surface area contributed by atoms with E-state index in [1.54, 1.807) is 4.90 Å². The fourth-order valence-electron chi connectivity index (χ4n) is 4.10. The number of likely N-dealkylation sites (tertiary alicyclic amines) is 2. The molecule has 6 nitrogen and oxygen atoms in total. The summed E-state index contributed by atoms with van der Waals surface area (Å²) >= 11 is 0. The zero-order chi connectivity index (χ0) is 17.3. The topological polar surface area (TPSA) is 65.8 Å². The molecule has 0 radical (unpaired) electrons. The van der Waals surface area contributed by atoms with Gasteiger partial charge >= 0.3 is 0 Å². The second kappa shape index (κ2) is 6.59. The molecule has 0 aliphatic carbocycles. The second-order valence-corrected chi connectivity index (χ2v) is 7.27. The second-order valence-electron chi connectivity index (χ2n) is 7.27. The first-order valence-electron chi connectivity index (χ1n) is 8.85. The number of hydrogen-bond acceptors (Lipinski definition) is 3. The van der Waals surface area contributed by atoms with Crippen LogP contribution in [0.5, 0.6) is 0 Å². The normalized spacial score (nSPS) is 24.4. The summed E-state index contributed by atoms with van der Waals surface area (Å²) in [6, 6.07) is 3.98. The van der Waals surface area contributed by atoms with Crippen molar-refractivity contribution in [3.05, 3.63) is 24.0 Å². The molecule has 0 bridgehead atoms. The lowest BCUT2D eigenvalue weighted by Crippen LogP contribution is -2.51. The first-order valence-corrected chi connectivity index (χ1v) is 8.85. The highest BCUT2D eigenvalue weighted by atomic mass is 16.3. The van der Waals surface area contributed by atoms with E-state index >= 15 is 0 Å². The van der Waals surface area contributed by atoms with E-state index < -0.39 is 5.41 Å². The van der Waals surface area contributed by atoms with Crippen LogP contribution in [0, 0.1) is 5.41 Å². The summed E-state index contributed by atoms with van der Waals surface area (Å²) in [5.41, 5.74) is 0.246. The lowest BCUT2D eigenvalue weighted by molar-refractivity contribution is -0.146. The number of hydrogen-bond donors (Lipinski definition) is 1. The van der Waals surface area contributed by atoms with Crippen LogP contribution in [0.2, 0.25) is 0 Å². The molecule has 0 aromatic carbocycles. The van der Waals surface area contributed by atoms with Crippen molar-refractivity contribution in [1.82, 2.24) is 14.4 Å². The van der Waals surface area contributed by atoms with Crippen LogP contribution in [-0.4, -0.2) is 64.1 Å². The minimum atomic E-state index is -0.446. The lowest BCUT2D eigenvalue weighted by Gasteiger charge is -2.39. The number of piperidine rings is 1. The average molecular weight is 333 g/mol. The van der Waals surface area contributed by atoms with Crippen LogP contribution in [0.15, 0.2) is 18.3 Å². The molecule has 1 atom stereocenters. The van der Waals surface area contributed by atoms with E-state index in [1.165, 1.54) is 0 Å². The van der Waals surface area contributed by atoms with Gasteiger partial charge in [0.1, 0.15) is 5.69 Å². The maximum absolute atomic E-state index is 12.9. The molecule has 0 saturated carbocycles. The van der Waals surface area contributed by atoms with Crippen molar-refractivity contribution in [2.24, 2.45) is 5.41 Å². The fraction of sp³-hybridized carbons (Fsp3) is 0.667. The third kappa shape index (κ3) is 2.83. The van der Waals surface area contributed by atoms with Gasteiger partial charge in [-0.25, -0.2) is 0 Å². The summed E-state index contributed by atoms with van der Waals surface area (Å²) in [5, 5.41) is 9.15. The largest absolute Gasteiger partial charge is 0.395 e. The SMILES string of the molecule is CC(C)n1cccc1C(=O)N1CC[C@@]2(CCCN(CCO)C2=O)C1. The van der Waals surface area contributed by atoms with E-state index in [9.17, 15) is 9.59 Å². The van der Waals surface area contributed by atoms with Crippen molar-refractivity contribution in [1.29, 1.82) is 0 Å². The maximum atomic E-state index is 12.9. The minimum Gasteiger partial charge on any atom is -0.395 e. The van der Waals surface area contributed by atoms with E-state index in [-0.39, 0.29) is 24.5 Å². The molecule has 24 heavy (non-hydrogen) atoms. The monoisotopic (exact) mass is 333 g/mol. The molecule has 3 rings (SSSR count). The predicted molar refractivity (Wildman–Crippen MR) is 90.7 cm³/mol. The first kappa shape index (κ1) is 17.0. The zero-order valence-corrected chi connectivity index (χ0v) is 14.6. The molecule has 132 valence electrons. The van der Waals surface area contributed by atoms with E-state index in [4.69, 9.17) is 5.11 Å². The van der Waals surface area contributed by atoms with Gasteiger partial charge in [0.25, 0.3) is 5.91 Å². The molecule has 3 heterocycles. The zero-order valence-electron chi connectivity index (χ0n) is 14.6. The summed E-state index contributed by atoms with van der Waals surface area (Å²) in [6.45, 7) is 6.33. The van der Waals surface area contributed by atoms with Crippen LogP contribution in [0.1, 0.15) is 49.6 Å². The quantitative estimate of drug-likeness (QED) is 0.908. The number of amides is 2. The van der Waals surface area contributed by atoms with Gasteiger partial charge in [0.15, 0.2) is 0 Å². The molecule has 1 spiro atoms. The number of rotatable bonds is 4. The molecule has 0 unspecified atom stereocenters. The Hall–Kier alpha value is -1.82. The predicted octanol–water partition coefficient (Wildman–Crippen LogP) is 1.52. The summed E-state index contributed by atoms with van der Waals surface area (Å²) in [4.78, 5) is 29.3. The molecule has 6 heteroatoms. The van der Waals surface area contributed by atoms with Gasteiger partial charge in [-0.3, -0.25) is 9.59 Å². The van der Waals surface area contributed by atoms with Crippen molar-refractivity contribution in [3.63, 3.8) is 0 Å². The fourth-order valence-corrected chi connectivity index (χ4v) is 4.10. The Morgan fingerprint density at radius 1 is 1.33 bits per heavy atom. The van der Waals surface area contributed by atoms with E-state index in [2.05, 4.69) is 13.8 Å². The molecule has 2 amide bonds. The maximum Gasteiger partial charge on any atom is 0.270 e. The minimum absolute atomic E-state index is 0.00757. The van der Waals surface area contributed by atoms with Crippen molar-refractivity contribution < 1.29 is 14.7 Å². The van der Waals surface area contributed by atoms with Crippen molar-refractivity contribution in [3.8, 4) is 0 Å².